The van der Waals surface area contributed by atoms with E-state index in [4.69, 9.17) is 14.8 Å². The highest BCUT2D eigenvalue weighted by molar-refractivity contribution is 5.91. The molecule has 1 fully saturated rings. The zero-order chi connectivity index (χ0) is 22.5. The second kappa shape index (κ2) is 7.58. The average molecular weight is 441 g/mol. The summed E-state index contributed by atoms with van der Waals surface area (Å²) in [5.74, 6) is 0.189. The van der Waals surface area contributed by atoms with Gasteiger partial charge in [-0.2, -0.15) is 5.10 Å². The van der Waals surface area contributed by atoms with Crippen molar-refractivity contribution < 1.29 is 14.6 Å². The molecule has 8 heteroatoms. The largest absolute Gasteiger partial charge is 0.508 e. The fourth-order valence-electron chi connectivity index (χ4n) is 5.25. The molecule has 0 saturated carbocycles. The van der Waals surface area contributed by atoms with Crippen LogP contribution in [0.5, 0.6) is 5.75 Å². The quantitative estimate of drug-likeness (QED) is 0.507. The number of amides is 1. The highest BCUT2D eigenvalue weighted by atomic mass is 16.6. The summed E-state index contributed by atoms with van der Waals surface area (Å²) in [6.45, 7) is 2.19. The Labute approximate surface area is 190 Å². The molecule has 2 bridgehead atoms. The fourth-order valence-corrected chi connectivity index (χ4v) is 5.25. The van der Waals surface area contributed by atoms with E-state index in [0.29, 0.717) is 13.0 Å². The molecule has 0 radical (unpaired) electrons. The predicted molar refractivity (Wildman–Crippen MR) is 122 cm³/mol. The lowest BCUT2D eigenvalue weighted by Crippen LogP contribution is -2.43. The third-order valence-electron chi connectivity index (χ3n) is 6.63. The second-order valence-corrected chi connectivity index (χ2v) is 8.46. The number of hydrogen-bond donors (Lipinski definition) is 1. The molecule has 4 aromatic rings. The predicted octanol–water partition coefficient (Wildman–Crippen LogP) is 4.38. The number of phenolic OH excluding ortho intramolecular Hbond substituents is 1. The van der Waals surface area contributed by atoms with E-state index < -0.39 is 0 Å². The molecule has 1 saturated heterocycles. The van der Waals surface area contributed by atoms with E-state index >= 15 is 0 Å². The van der Waals surface area contributed by atoms with Gasteiger partial charge >= 0.3 is 6.09 Å². The van der Waals surface area contributed by atoms with Gasteiger partial charge in [-0.3, -0.25) is 9.88 Å². The summed E-state index contributed by atoms with van der Waals surface area (Å²) >= 11 is 0. The molecule has 5 heterocycles. The number of aromatic hydroxyl groups is 1. The monoisotopic (exact) mass is 441 g/mol. The van der Waals surface area contributed by atoms with E-state index in [1.807, 2.05) is 46.8 Å². The minimum Gasteiger partial charge on any atom is -0.508 e. The van der Waals surface area contributed by atoms with E-state index in [0.717, 1.165) is 52.1 Å². The first-order valence-electron chi connectivity index (χ1n) is 11.2. The zero-order valence-electron chi connectivity index (χ0n) is 18.2. The van der Waals surface area contributed by atoms with Gasteiger partial charge in [-0.1, -0.05) is 12.1 Å². The van der Waals surface area contributed by atoms with E-state index in [2.05, 4.69) is 4.98 Å². The Balaban J connectivity index is 1.57. The van der Waals surface area contributed by atoms with Crippen molar-refractivity contribution in [2.24, 2.45) is 0 Å². The van der Waals surface area contributed by atoms with Crippen molar-refractivity contribution in [1.82, 2.24) is 24.5 Å². The van der Waals surface area contributed by atoms with Gasteiger partial charge in [0.15, 0.2) is 5.65 Å². The molecule has 6 rings (SSSR count). The minimum atomic E-state index is -0.255. The number of hydrogen-bond acceptors (Lipinski definition) is 6. The molecule has 0 aliphatic carbocycles. The lowest BCUT2D eigenvalue weighted by Gasteiger charge is -2.35. The number of ether oxygens (including phenoxy) is 1. The molecule has 33 heavy (non-hydrogen) atoms. The topological polar surface area (TPSA) is 92.8 Å². The number of benzene rings is 1. The Kier molecular flexibility index (Phi) is 4.53. The molecule has 2 aliphatic rings. The average Bonchev–Trinajstić information content (AvgIpc) is 3.37. The van der Waals surface area contributed by atoms with Crippen LogP contribution in [0.3, 0.4) is 0 Å². The normalized spacial score (nSPS) is 19.0. The van der Waals surface area contributed by atoms with Gasteiger partial charge in [0, 0.05) is 42.2 Å². The minimum absolute atomic E-state index is 0.0486. The summed E-state index contributed by atoms with van der Waals surface area (Å²) in [4.78, 5) is 23.5. The number of carbonyl (C=O) groups excluding carboxylic acids is 1. The summed E-state index contributed by atoms with van der Waals surface area (Å²) in [5.41, 5.74) is 6.25. The van der Waals surface area contributed by atoms with Crippen molar-refractivity contribution in [3.63, 3.8) is 0 Å². The smallest absolute Gasteiger partial charge is 0.410 e. The van der Waals surface area contributed by atoms with Crippen molar-refractivity contribution in [2.45, 2.75) is 38.3 Å². The molecule has 0 spiro atoms. The van der Waals surface area contributed by atoms with Gasteiger partial charge in [0.2, 0.25) is 0 Å². The van der Waals surface area contributed by atoms with Gasteiger partial charge in [-0.25, -0.2) is 14.3 Å². The van der Waals surface area contributed by atoms with Crippen LogP contribution in [0.2, 0.25) is 0 Å². The maximum absolute atomic E-state index is 12.6. The maximum Gasteiger partial charge on any atom is 0.410 e. The number of nitrogens with zero attached hydrogens (tertiary/aromatic N) is 5. The molecule has 8 nitrogen and oxygen atoms in total. The first kappa shape index (κ1) is 19.7. The second-order valence-electron chi connectivity index (χ2n) is 8.46. The van der Waals surface area contributed by atoms with Crippen molar-refractivity contribution in [1.29, 1.82) is 0 Å². The highest BCUT2D eigenvalue weighted by Gasteiger charge is 2.45. The van der Waals surface area contributed by atoms with Gasteiger partial charge in [-0.05, 0) is 49.6 Å². The van der Waals surface area contributed by atoms with Crippen molar-refractivity contribution >= 4 is 11.7 Å². The van der Waals surface area contributed by atoms with Crippen LogP contribution in [-0.4, -0.2) is 48.3 Å². The maximum atomic E-state index is 12.6. The third-order valence-corrected chi connectivity index (χ3v) is 6.63. The molecule has 1 amide bonds. The standard InChI is InChI=1S/C25H23N5O3/c1-2-33-25(32)29-17-6-7-20(29)19-14-27-24-22(16-4-3-5-18(31)12-16)23(15-8-10-26-11-9-15)28-30(24)21(19)13-17/h3-5,8-12,14,17,20,31H,2,6-7,13H2,1H3. The molecule has 166 valence electrons. The Morgan fingerprint density at radius 3 is 2.82 bits per heavy atom. The Bertz CT molecular complexity index is 1370. The van der Waals surface area contributed by atoms with E-state index in [-0.39, 0.29) is 23.9 Å². The Morgan fingerprint density at radius 1 is 1.18 bits per heavy atom. The fraction of sp³-hybridized carbons (Fsp3) is 0.280. The van der Waals surface area contributed by atoms with E-state index in [9.17, 15) is 9.90 Å². The first-order chi connectivity index (χ1) is 16.2. The van der Waals surface area contributed by atoms with Crippen molar-refractivity contribution in [3.8, 4) is 28.1 Å². The molecular weight excluding hydrogens is 418 g/mol. The zero-order valence-corrected chi connectivity index (χ0v) is 18.2. The molecule has 2 unspecified atom stereocenters. The van der Waals surface area contributed by atoms with Crippen LogP contribution in [0, 0.1) is 0 Å². The van der Waals surface area contributed by atoms with Gasteiger partial charge in [0.1, 0.15) is 11.4 Å². The lowest BCUT2D eigenvalue weighted by atomic mass is 9.99. The summed E-state index contributed by atoms with van der Waals surface area (Å²) in [6.07, 6.45) is 7.62. The van der Waals surface area contributed by atoms with E-state index in [1.165, 1.54) is 0 Å². The number of fused-ring (bicyclic) bond motifs is 6. The Morgan fingerprint density at radius 2 is 2.03 bits per heavy atom. The summed E-state index contributed by atoms with van der Waals surface area (Å²) in [6, 6.07) is 11.0. The molecule has 2 atom stereocenters. The van der Waals surface area contributed by atoms with E-state index in [1.54, 1.807) is 24.5 Å². The van der Waals surface area contributed by atoms with Crippen molar-refractivity contribution in [2.75, 3.05) is 6.61 Å². The van der Waals surface area contributed by atoms with Gasteiger partial charge in [0.25, 0.3) is 0 Å². The van der Waals surface area contributed by atoms with Crippen LogP contribution < -0.4 is 0 Å². The van der Waals surface area contributed by atoms with Crippen molar-refractivity contribution in [3.05, 3.63) is 66.2 Å². The van der Waals surface area contributed by atoms with Crippen LogP contribution in [0.1, 0.15) is 37.1 Å². The number of rotatable bonds is 3. The first-order valence-corrected chi connectivity index (χ1v) is 11.2. The molecule has 2 aliphatic heterocycles. The summed E-state index contributed by atoms with van der Waals surface area (Å²) in [5, 5.41) is 15.1. The summed E-state index contributed by atoms with van der Waals surface area (Å²) < 4.78 is 7.26. The van der Waals surface area contributed by atoms with Crippen LogP contribution in [0.4, 0.5) is 4.79 Å². The molecular formula is C25H23N5O3. The number of phenols is 1. The SMILES string of the molecule is CCOC(=O)N1C2CCC1c1cnc3c(-c4cccc(O)c4)c(-c4ccncc4)nn3c1C2. The highest BCUT2D eigenvalue weighted by Crippen LogP contribution is 2.45. The third kappa shape index (κ3) is 3.05. The van der Waals surface area contributed by atoms with Gasteiger partial charge in [0.05, 0.1) is 23.9 Å². The van der Waals surface area contributed by atoms with Gasteiger partial charge in [-0.15, -0.1) is 0 Å². The van der Waals surface area contributed by atoms with Gasteiger partial charge < -0.3 is 9.84 Å². The van der Waals surface area contributed by atoms with Crippen LogP contribution >= 0.6 is 0 Å². The molecule has 1 aromatic carbocycles. The number of pyridine rings is 1. The number of aromatic nitrogens is 4. The van der Waals surface area contributed by atoms with Crippen LogP contribution in [0.25, 0.3) is 28.0 Å². The summed E-state index contributed by atoms with van der Waals surface area (Å²) in [7, 11) is 0. The molecule has 1 N–H and O–H groups in total. The van der Waals surface area contributed by atoms with Crippen LogP contribution in [0.15, 0.2) is 55.0 Å². The molecule has 3 aromatic heterocycles. The van der Waals surface area contributed by atoms with Crippen LogP contribution in [-0.2, 0) is 11.2 Å². The lowest BCUT2D eigenvalue weighted by molar-refractivity contribution is 0.0830. The number of carbonyl (C=O) groups is 1. The Hall–Kier alpha value is -3.94.